The molecule has 2 N–H and O–H groups in total. The number of hydrogen-bond donors (Lipinski definition) is 1. The molecule has 1 aromatic rings. The van der Waals surface area contributed by atoms with Crippen LogP contribution < -0.4 is 10.6 Å². The largest absolute Gasteiger partial charge is 0.356 e. The van der Waals surface area contributed by atoms with Crippen LogP contribution in [-0.4, -0.2) is 29.6 Å². The normalized spacial score (nSPS) is 17.0. The van der Waals surface area contributed by atoms with Crippen molar-refractivity contribution < 1.29 is 0 Å². The molecule has 1 fully saturated rings. The molecule has 0 radical (unpaired) electrons. The molecule has 1 aliphatic rings. The molecule has 0 spiro atoms. The maximum atomic E-state index is 5.79. The Labute approximate surface area is 122 Å². The third-order valence-electron chi connectivity index (χ3n) is 4.33. The molecule has 1 saturated heterocycles. The lowest BCUT2D eigenvalue weighted by molar-refractivity contribution is 0.412. The second-order valence-electron chi connectivity index (χ2n) is 6.14. The summed E-state index contributed by atoms with van der Waals surface area (Å²) in [4.78, 5) is 12.0. The summed E-state index contributed by atoms with van der Waals surface area (Å²) in [6.07, 6.45) is 3.36. The van der Waals surface area contributed by atoms with Crippen molar-refractivity contribution in [1.29, 1.82) is 0 Å². The summed E-state index contributed by atoms with van der Waals surface area (Å²) in [5.74, 6) is 3.19. The van der Waals surface area contributed by atoms with Crippen molar-refractivity contribution in [2.45, 2.75) is 52.9 Å². The first-order valence-electron chi connectivity index (χ1n) is 7.89. The Hall–Kier alpha value is -1.16. The van der Waals surface area contributed by atoms with Gasteiger partial charge in [0.2, 0.25) is 0 Å². The molecule has 2 heterocycles. The molecule has 20 heavy (non-hydrogen) atoms. The van der Waals surface area contributed by atoms with E-state index in [0.29, 0.717) is 11.8 Å². The highest BCUT2D eigenvalue weighted by molar-refractivity contribution is 5.49. The van der Waals surface area contributed by atoms with Crippen molar-refractivity contribution in [2.75, 3.05) is 24.5 Å². The van der Waals surface area contributed by atoms with Gasteiger partial charge in [0, 0.05) is 30.3 Å². The van der Waals surface area contributed by atoms with Crippen LogP contribution in [0, 0.1) is 12.8 Å². The molecule has 0 amide bonds. The maximum absolute atomic E-state index is 5.79. The highest BCUT2D eigenvalue weighted by Crippen LogP contribution is 2.27. The maximum Gasteiger partial charge on any atom is 0.135 e. The number of nitrogens with zero attached hydrogens (tertiary/aromatic N) is 3. The quantitative estimate of drug-likeness (QED) is 0.918. The molecule has 0 aliphatic carbocycles. The fraction of sp³-hybridized carbons (Fsp3) is 0.750. The van der Waals surface area contributed by atoms with E-state index in [1.165, 1.54) is 24.2 Å². The van der Waals surface area contributed by atoms with E-state index in [1.54, 1.807) is 0 Å². The topological polar surface area (TPSA) is 55.0 Å². The van der Waals surface area contributed by atoms with E-state index >= 15 is 0 Å². The molecule has 0 unspecified atom stereocenters. The van der Waals surface area contributed by atoms with Crippen LogP contribution in [0.25, 0.3) is 0 Å². The second kappa shape index (κ2) is 6.53. The van der Waals surface area contributed by atoms with E-state index in [9.17, 15) is 0 Å². The number of hydrogen-bond acceptors (Lipinski definition) is 4. The van der Waals surface area contributed by atoms with Crippen molar-refractivity contribution in [3.05, 3.63) is 17.1 Å². The first kappa shape index (κ1) is 15.2. The zero-order chi connectivity index (χ0) is 14.7. The standard InChI is InChI=1S/C16H28N4/c1-5-14-12(4)18-15(11(2)3)19-16(14)20-8-6-13(10-17)7-9-20/h11,13H,5-10,17H2,1-4H3. The smallest absolute Gasteiger partial charge is 0.135 e. The predicted octanol–water partition coefficient (Wildman–Crippen LogP) is 2.65. The van der Waals surface area contributed by atoms with Gasteiger partial charge >= 0.3 is 0 Å². The first-order chi connectivity index (χ1) is 9.56. The van der Waals surface area contributed by atoms with Crippen molar-refractivity contribution in [1.82, 2.24) is 9.97 Å². The molecule has 0 saturated carbocycles. The SMILES string of the molecule is CCc1c(C)nc(C(C)C)nc1N1CCC(CN)CC1. The van der Waals surface area contributed by atoms with Gasteiger partial charge < -0.3 is 10.6 Å². The Morgan fingerprint density at radius 3 is 2.40 bits per heavy atom. The number of aryl methyl sites for hydroxylation is 1. The summed E-state index contributed by atoms with van der Waals surface area (Å²) in [6.45, 7) is 11.6. The fourth-order valence-electron chi connectivity index (χ4n) is 2.92. The Morgan fingerprint density at radius 1 is 1.25 bits per heavy atom. The van der Waals surface area contributed by atoms with E-state index in [0.717, 1.165) is 37.6 Å². The Morgan fingerprint density at radius 2 is 1.90 bits per heavy atom. The predicted molar refractivity (Wildman–Crippen MR) is 84.2 cm³/mol. The van der Waals surface area contributed by atoms with E-state index < -0.39 is 0 Å². The molecule has 0 atom stereocenters. The zero-order valence-corrected chi connectivity index (χ0v) is 13.3. The van der Waals surface area contributed by atoms with Crippen LogP contribution in [0.1, 0.15) is 56.6 Å². The lowest BCUT2D eigenvalue weighted by Crippen LogP contribution is -2.37. The Bertz CT molecular complexity index is 448. The van der Waals surface area contributed by atoms with Crippen molar-refractivity contribution in [3.63, 3.8) is 0 Å². The van der Waals surface area contributed by atoms with Gasteiger partial charge in [-0.3, -0.25) is 0 Å². The van der Waals surface area contributed by atoms with Crippen molar-refractivity contribution in [3.8, 4) is 0 Å². The second-order valence-corrected chi connectivity index (χ2v) is 6.14. The van der Waals surface area contributed by atoms with Crippen LogP contribution in [0.2, 0.25) is 0 Å². The average molecular weight is 276 g/mol. The van der Waals surface area contributed by atoms with Crippen LogP contribution in [-0.2, 0) is 6.42 Å². The molecule has 1 aromatic heterocycles. The summed E-state index contributed by atoms with van der Waals surface area (Å²) in [5, 5.41) is 0. The number of nitrogens with two attached hydrogens (primary N) is 1. The molecule has 0 aromatic carbocycles. The molecule has 0 bridgehead atoms. The molecule has 1 aliphatic heterocycles. The van der Waals surface area contributed by atoms with Gasteiger partial charge in [0.1, 0.15) is 11.6 Å². The minimum absolute atomic E-state index is 0.375. The van der Waals surface area contributed by atoms with Gasteiger partial charge in [-0.2, -0.15) is 0 Å². The van der Waals surface area contributed by atoms with Gasteiger partial charge in [-0.05, 0) is 38.6 Å². The van der Waals surface area contributed by atoms with Crippen LogP contribution in [0.15, 0.2) is 0 Å². The first-order valence-corrected chi connectivity index (χ1v) is 7.89. The van der Waals surface area contributed by atoms with E-state index in [-0.39, 0.29) is 0 Å². The molecular formula is C16H28N4. The van der Waals surface area contributed by atoms with E-state index in [2.05, 4.69) is 37.6 Å². The Kier molecular flexibility index (Phi) is 4.97. The van der Waals surface area contributed by atoms with E-state index in [4.69, 9.17) is 10.7 Å². The fourth-order valence-corrected chi connectivity index (χ4v) is 2.92. The van der Waals surface area contributed by atoms with Crippen LogP contribution >= 0.6 is 0 Å². The lowest BCUT2D eigenvalue weighted by Gasteiger charge is -2.34. The highest BCUT2D eigenvalue weighted by atomic mass is 15.2. The van der Waals surface area contributed by atoms with Crippen molar-refractivity contribution in [2.24, 2.45) is 11.7 Å². The molecule has 4 heteroatoms. The summed E-state index contributed by atoms with van der Waals surface area (Å²) < 4.78 is 0. The van der Waals surface area contributed by atoms with Gasteiger partial charge in [0.15, 0.2) is 0 Å². The molecule has 112 valence electrons. The zero-order valence-electron chi connectivity index (χ0n) is 13.3. The highest BCUT2D eigenvalue weighted by Gasteiger charge is 2.23. The third kappa shape index (κ3) is 3.11. The monoisotopic (exact) mass is 276 g/mol. The molecule has 4 nitrogen and oxygen atoms in total. The van der Waals surface area contributed by atoms with Gasteiger partial charge in [0.05, 0.1) is 0 Å². The number of anilines is 1. The average Bonchev–Trinajstić information content (AvgIpc) is 2.46. The third-order valence-corrected chi connectivity index (χ3v) is 4.33. The van der Waals surface area contributed by atoms with Crippen molar-refractivity contribution >= 4 is 5.82 Å². The van der Waals surface area contributed by atoms with Gasteiger partial charge in [-0.25, -0.2) is 9.97 Å². The minimum Gasteiger partial charge on any atom is -0.356 e. The molecule has 2 rings (SSSR count). The number of rotatable bonds is 4. The summed E-state index contributed by atoms with van der Waals surface area (Å²) in [7, 11) is 0. The van der Waals surface area contributed by atoms with Crippen LogP contribution in [0.3, 0.4) is 0 Å². The number of piperidine rings is 1. The summed E-state index contributed by atoms with van der Waals surface area (Å²) >= 11 is 0. The van der Waals surface area contributed by atoms with Crippen LogP contribution in [0.4, 0.5) is 5.82 Å². The minimum atomic E-state index is 0.375. The van der Waals surface area contributed by atoms with Gasteiger partial charge in [-0.15, -0.1) is 0 Å². The summed E-state index contributed by atoms with van der Waals surface area (Å²) in [5.41, 5.74) is 8.23. The lowest BCUT2D eigenvalue weighted by atomic mass is 9.96. The Balaban J connectivity index is 2.29. The number of aromatic nitrogens is 2. The molecular weight excluding hydrogens is 248 g/mol. The van der Waals surface area contributed by atoms with Gasteiger partial charge in [0.25, 0.3) is 0 Å². The van der Waals surface area contributed by atoms with Crippen LogP contribution in [0.5, 0.6) is 0 Å². The summed E-state index contributed by atoms with van der Waals surface area (Å²) in [6, 6.07) is 0. The van der Waals surface area contributed by atoms with E-state index in [1.807, 2.05) is 0 Å². The van der Waals surface area contributed by atoms with Gasteiger partial charge in [-0.1, -0.05) is 20.8 Å².